The molecule has 0 bridgehead atoms. The van der Waals surface area contributed by atoms with Crippen LogP contribution in [0.3, 0.4) is 0 Å². The number of halogens is 3. The number of unbranched alkanes of at least 4 members (excludes halogenated alkanes) is 1. The molecule has 0 spiro atoms. The third kappa shape index (κ3) is 4.19. The molecule has 0 unspecified atom stereocenters. The van der Waals surface area contributed by atoms with Gasteiger partial charge >= 0.3 is 12.2 Å². The van der Waals surface area contributed by atoms with Gasteiger partial charge in [-0.25, -0.2) is 14.5 Å². The highest BCUT2D eigenvalue weighted by Gasteiger charge is 2.30. The zero-order valence-electron chi connectivity index (χ0n) is 15.9. The van der Waals surface area contributed by atoms with Crippen LogP contribution < -0.4 is 16.2 Å². The van der Waals surface area contributed by atoms with Crippen LogP contribution in [0.25, 0.3) is 16.6 Å². The summed E-state index contributed by atoms with van der Waals surface area (Å²) in [7, 11) is 0. The van der Waals surface area contributed by atoms with E-state index in [1.54, 1.807) is 0 Å². The highest BCUT2D eigenvalue weighted by atomic mass is 19.4. The molecular formula is C19H19F3N6O2. The second-order valence-electron chi connectivity index (χ2n) is 6.49. The molecule has 0 fully saturated rings. The Morgan fingerprint density at radius 2 is 2.13 bits per heavy atom. The van der Waals surface area contributed by atoms with Crippen LogP contribution in [0.4, 0.5) is 23.8 Å². The van der Waals surface area contributed by atoms with Gasteiger partial charge in [0.25, 0.3) is 5.56 Å². The number of carbonyl (C=O) groups excluding carboxylic acids is 1. The summed E-state index contributed by atoms with van der Waals surface area (Å²) in [6.45, 7) is 2.45. The number of anilines is 1. The summed E-state index contributed by atoms with van der Waals surface area (Å²) in [4.78, 5) is 28.7. The van der Waals surface area contributed by atoms with E-state index < -0.39 is 23.3 Å². The molecule has 8 nitrogen and oxygen atoms in total. The molecule has 0 saturated carbocycles. The average Bonchev–Trinajstić information content (AvgIpc) is 3.04. The molecule has 0 aliphatic heterocycles. The summed E-state index contributed by atoms with van der Waals surface area (Å²) in [6, 6.07) is 3.77. The summed E-state index contributed by atoms with van der Waals surface area (Å²) in [6.07, 6.45) is -0.753. The molecule has 2 amide bonds. The Hall–Kier alpha value is -3.63. The smallest absolute Gasteiger partial charge is 0.338 e. The number of hydrogen-bond acceptors (Lipinski definition) is 4. The predicted molar refractivity (Wildman–Crippen MR) is 107 cm³/mol. The first-order chi connectivity index (χ1) is 14.3. The van der Waals surface area contributed by atoms with E-state index in [0.29, 0.717) is 6.54 Å². The fourth-order valence-electron chi connectivity index (χ4n) is 2.87. The second-order valence-corrected chi connectivity index (χ2v) is 6.49. The SMILES string of the molecule is CCCCNC(=O)Nc1ncc2c(=O)n(-c3cccc(C(F)(F)F)c3)[nH]c2c1C=N. The predicted octanol–water partition coefficient (Wildman–Crippen LogP) is 3.65. The summed E-state index contributed by atoms with van der Waals surface area (Å²) < 4.78 is 40.0. The second kappa shape index (κ2) is 8.39. The quantitative estimate of drug-likeness (QED) is 0.360. The lowest BCUT2D eigenvalue weighted by atomic mass is 10.2. The lowest BCUT2D eigenvalue weighted by Gasteiger charge is -2.09. The number of H-pyrrole nitrogens is 1. The Labute approximate surface area is 168 Å². The van der Waals surface area contributed by atoms with Crippen molar-refractivity contribution in [2.45, 2.75) is 25.9 Å². The maximum atomic E-state index is 13.0. The highest BCUT2D eigenvalue weighted by Crippen LogP contribution is 2.30. The Morgan fingerprint density at radius 1 is 1.37 bits per heavy atom. The zero-order valence-corrected chi connectivity index (χ0v) is 15.9. The number of aromatic amines is 1. The number of pyridine rings is 1. The fourth-order valence-corrected chi connectivity index (χ4v) is 2.87. The van der Waals surface area contributed by atoms with Gasteiger partial charge in [-0.2, -0.15) is 13.2 Å². The van der Waals surface area contributed by atoms with E-state index in [4.69, 9.17) is 5.41 Å². The van der Waals surface area contributed by atoms with Crippen molar-refractivity contribution >= 4 is 29.0 Å². The molecule has 158 valence electrons. The topological polar surface area (TPSA) is 116 Å². The number of amides is 2. The Morgan fingerprint density at radius 3 is 2.80 bits per heavy atom. The van der Waals surface area contributed by atoms with E-state index in [1.165, 1.54) is 18.3 Å². The van der Waals surface area contributed by atoms with Gasteiger partial charge in [0, 0.05) is 19.0 Å². The number of nitrogens with one attached hydrogen (secondary N) is 4. The molecule has 2 aromatic heterocycles. The van der Waals surface area contributed by atoms with Crippen LogP contribution in [0.2, 0.25) is 0 Å². The molecule has 30 heavy (non-hydrogen) atoms. The molecule has 1 aromatic carbocycles. The largest absolute Gasteiger partial charge is 0.416 e. The average molecular weight is 420 g/mol. The number of aromatic nitrogens is 3. The maximum absolute atomic E-state index is 13.0. The molecule has 0 aliphatic rings. The maximum Gasteiger partial charge on any atom is 0.416 e. The fraction of sp³-hybridized carbons (Fsp3) is 0.263. The van der Waals surface area contributed by atoms with Gasteiger partial charge in [-0.3, -0.25) is 15.2 Å². The van der Waals surface area contributed by atoms with E-state index >= 15 is 0 Å². The zero-order chi connectivity index (χ0) is 21.9. The van der Waals surface area contributed by atoms with Crippen molar-refractivity contribution in [3.8, 4) is 5.69 Å². The molecule has 0 radical (unpaired) electrons. The Bertz CT molecular complexity index is 1150. The van der Waals surface area contributed by atoms with Gasteiger partial charge in [0.2, 0.25) is 0 Å². The van der Waals surface area contributed by atoms with E-state index in [1.807, 2.05) is 6.92 Å². The Kier molecular flexibility index (Phi) is 5.90. The van der Waals surface area contributed by atoms with Gasteiger partial charge in [0.05, 0.1) is 27.7 Å². The molecule has 0 aliphatic carbocycles. The highest BCUT2D eigenvalue weighted by molar-refractivity contribution is 6.04. The van der Waals surface area contributed by atoms with Crippen molar-refractivity contribution in [1.29, 1.82) is 5.41 Å². The monoisotopic (exact) mass is 420 g/mol. The number of fused-ring (bicyclic) bond motifs is 1. The minimum Gasteiger partial charge on any atom is -0.338 e. The lowest BCUT2D eigenvalue weighted by molar-refractivity contribution is -0.137. The third-order valence-corrected chi connectivity index (χ3v) is 4.40. The van der Waals surface area contributed by atoms with Crippen molar-refractivity contribution in [2.75, 3.05) is 11.9 Å². The first-order valence-corrected chi connectivity index (χ1v) is 9.13. The van der Waals surface area contributed by atoms with E-state index in [0.717, 1.165) is 35.9 Å². The van der Waals surface area contributed by atoms with Crippen LogP contribution in [0.15, 0.2) is 35.3 Å². The summed E-state index contributed by atoms with van der Waals surface area (Å²) >= 11 is 0. The van der Waals surface area contributed by atoms with Gasteiger partial charge < -0.3 is 10.7 Å². The van der Waals surface area contributed by atoms with E-state index in [9.17, 15) is 22.8 Å². The normalized spacial score (nSPS) is 11.5. The summed E-state index contributed by atoms with van der Waals surface area (Å²) in [5.41, 5.74) is -1.25. The number of carbonyl (C=O) groups is 1. The van der Waals surface area contributed by atoms with Crippen LogP contribution in [-0.4, -0.2) is 33.6 Å². The van der Waals surface area contributed by atoms with Crippen molar-refractivity contribution in [1.82, 2.24) is 20.1 Å². The van der Waals surface area contributed by atoms with E-state index in [-0.39, 0.29) is 28.0 Å². The Balaban J connectivity index is 2.03. The standard InChI is InChI=1S/C19H19F3N6O2/c1-2-3-7-24-18(30)26-16-13(9-23)15-14(10-25-16)17(29)28(27-15)12-6-4-5-11(8-12)19(20,21)22/h4-6,8-10,23,27H,2-3,7H2,1H3,(H2,24,25,26,30). The van der Waals surface area contributed by atoms with Crippen LogP contribution in [0, 0.1) is 5.41 Å². The van der Waals surface area contributed by atoms with Crippen LogP contribution in [-0.2, 0) is 6.18 Å². The van der Waals surface area contributed by atoms with Gasteiger partial charge in [0.1, 0.15) is 5.82 Å². The third-order valence-electron chi connectivity index (χ3n) is 4.40. The van der Waals surface area contributed by atoms with Gasteiger partial charge in [-0.05, 0) is 24.6 Å². The van der Waals surface area contributed by atoms with Crippen molar-refractivity contribution < 1.29 is 18.0 Å². The molecule has 0 atom stereocenters. The molecule has 0 saturated heterocycles. The molecule has 4 N–H and O–H groups in total. The van der Waals surface area contributed by atoms with Crippen LogP contribution >= 0.6 is 0 Å². The minimum absolute atomic E-state index is 0.0197. The van der Waals surface area contributed by atoms with Gasteiger partial charge in [-0.15, -0.1) is 0 Å². The number of benzene rings is 1. The first kappa shape index (κ1) is 21.1. The molecule has 2 heterocycles. The molecule has 11 heteroatoms. The van der Waals surface area contributed by atoms with E-state index in [2.05, 4.69) is 20.7 Å². The molecule has 3 aromatic rings. The van der Waals surface area contributed by atoms with Gasteiger partial charge in [-0.1, -0.05) is 19.4 Å². The number of urea groups is 1. The summed E-state index contributed by atoms with van der Waals surface area (Å²) in [5, 5.41) is 15.6. The van der Waals surface area contributed by atoms with Gasteiger partial charge in [0.15, 0.2) is 0 Å². The molecular weight excluding hydrogens is 401 g/mol. The van der Waals surface area contributed by atoms with Crippen molar-refractivity contribution in [3.63, 3.8) is 0 Å². The number of nitrogens with zero attached hydrogens (tertiary/aromatic N) is 2. The van der Waals surface area contributed by atoms with Crippen LogP contribution in [0.5, 0.6) is 0 Å². The minimum atomic E-state index is -4.56. The van der Waals surface area contributed by atoms with Crippen LogP contribution in [0.1, 0.15) is 30.9 Å². The van der Waals surface area contributed by atoms with Crippen molar-refractivity contribution in [2.24, 2.45) is 0 Å². The molecule has 3 rings (SSSR count). The number of hydrogen-bond donors (Lipinski definition) is 4. The summed E-state index contributed by atoms with van der Waals surface area (Å²) in [5.74, 6) is 0.0453. The lowest BCUT2D eigenvalue weighted by Crippen LogP contribution is -2.30. The van der Waals surface area contributed by atoms with Crippen molar-refractivity contribution in [3.05, 3.63) is 51.9 Å². The first-order valence-electron chi connectivity index (χ1n) is 9.13. The number of alkyl halides is 3. The number of rotatable bonds is 6.